The minimum Gasteiger partial charge on any atom is -0.468 e. The number of halogens is 7. The zero-order valence-electron chi connectivity index (χ0n) is 7.37. The molecule has 0 unspecified atom stereocenters. The van der Waals surface area contributed by atoms with E-state index < -0.39 is 29.8 Å². The zero-order chi connectivity index (χ0) is 13.4. The highest BCUT2D eigenvalue weighted by atomic mass is 19.4. The first-order valence-corrected chi connectivity index (χ1v) is 3.34. The molecule has 0 saturated heterocycles. The van der Waals surface area contributed by atoms with Crippen LogP contribution in [0.3, 0.4) is 0 Å². The summed E-state index contributed by atoms with van der Waals surface area (Å²) in [5.74, 6) is -3.07. The molecule has 0 amide bonds. The molecule has 16 heavy (non-hydrogen) atoms. The Bertz CT molecular complexity index is 288. The lowest BCUT2D eigenvalue weighted by Gasteiger charge is -2.29. The van der Waals surface area contributed by atoms with Crippen LogP contribution < -0.4 is 0 Å². The summed E-state index contributed by atoms with van der Waals surface area (Å²) in [6.45, 7) is 0. The number of alkyl halides is 6. The second kappa shape index (κ2) is 3.91. The van der Waals surface area contributed by atoms with Gasteiger partial charge in [-0.1, -0.05) is 0 Å². The molecule has 0 N–H and O–H groups in total. The number of hydrogen-bond acceptors (Lipinski definition) is 3. The molecule has 0 rings (SSSR count). The molecule has 0 aromatic carbocycles. The monoisotopic (exact) mass is 256 g/mol. The minimum atomic E-state index is -6.48. The van der Waals surface area contributed by atoms with Gasteiger partial charge >= 0.3 is 29.8 Å². The van der Waals surface area contributed by atoms with Crippen LogP contribution in [0.5, 0.6) is 0 Å². The van der Waals surface area contributed by atoms with Gasteiger partial charge in [-0.15, -0.1) is 0 Å². The number of esters is 1. The van der Waals surface area contributed by atoms with Gasteiger partial charge in [0, 0.05) is 0 Å². The Hall–Kier alpha value is -1.35. The lowest BCUT2D eigenvalue weighted by atomic mass is 9.87. The normalized spacial score (nSPS) is 13.5. The van der Waals surface area contributed by atoms with E-state index in [0.29, 0.717) is 0 Å². The predicted octanol–water partition coefficient (Wildman–Crippen LogP) is 1.77. The summed E-state index contributed by atoms with van der Waals surface area (Å²) in [5, 5.41) is 0. The Morgan fingerprint density at radius 2 is 1.25 bits per heavy atom. The van der Waals surface area contributed by atoms with Gasteiger partial charge in [-0.3, -0.25) is 9.59 Å². The highest BCUT2D eigenvalue weighted by Gasteiger charge is 2.82. The number of carbonyl (C=O) groups excluding carboxylic acids is 2. The topological polar surface area (TPSA) is 43.4 Å². The van der Waals surface area contributed by atoms with E-state index in [1.165, 1.54) is 0 Å². The molecule has 0 aromatic heterocycles. The van der Waals surface area contributed by atoms with E-state index in [1.54, 1.807) is 0 Å². The average Bonchev–Trinajstić information content (AvgIpc) is 1.98. The predicted molar refractivity (Wildman–Crippen MR) is 32.7 cm³/mol. The third-order valence-corrected chi connectivity index (χ3v) is 1.64. The van der Waals surface area contributed by atoms with Crippen molar-refractivity contribution in [1.29, 1.82) is 0 Å². The van der Waals surface area contributed by atoms with Crippen molar-refractivity contribution in [2.45, 2.75) is 12.4 Å². The van der Waals surface area contributed by atoms with Crippen LogP contribution in [-0.4, -0.2) is 31.5 Å². The molecule has 0 spiro atoms. The van der Waals surface area contributed by atoms with E-state index in [0.717, 1.165) is 0 Å². The summed E-state index contributed by atoms with van der Waals surface area (Å²) in [4.78, 5) is 20.4. The number of ether oxygens (including phenoxy) is 1. The largest absolute Gasteiger partial charge is 0.468 e. The van der Waals surface area contributed by atoms with E-state index >= 15 is 0 Å². The van der Waals surface area contributed by atoms with E-state index in [9.17, 15) is 40.3 Å². The first-order chi connectivity index (χ1) is 6.92. The van der Waals surface area contributed by atoms with E-state index in [1.807, 2.05) is 0 Å². The molecule has 3 nitrogen and oxygen atoms in total. The number of methoxy groups -OCH3 is 1. The molecule has 0 aliphatic carbocycles. The Labute approximate surface area is 83.2 Å². The van der Waals surface area contributed by atoms with Crippen LogP contribution in [0.1, 0.15) is 0 Å². The van der Waals surface area contributed by atoms with Crippen LogP contribution in [0, 0.1) is 5.41 Å². The summed E-state index contributed by atoms with van der Waals surface area (Å²) in [7, 11) is 0.164. The molecule has 0 aliphatic rings. The van der Waals surface area contributed by atoms with Crippen molar-refractivity contribution in [3.8, 4) is 0 Å². The number of rotatable bonds is 2. The minimum absolute atomic E-state index is 0.164. The smallest absolute Gasteiger partial charge is 0.423 e. The molecule has 0 heterocycles. The summed E-state index contributed by atoms with van der Waals surface area (Å²) < 4.78 is 87.7. The van der Waals surface area contributed by atoms with Crippen molar-refractivity contribution < 1.29 is 45.1 Å². The highest BCUT2D eigenvalue weighted by Crippen LogP contribution is 2.52. The average molecular weight is 256 g/mol. The van der Waals surface area contributed by atoms with Crippen molar-refractivity contribution in [2.24, 2.45) is 5.41 Å². The lowest BCUT2D eigenvalue weighted by Crippen LogP contribution is -2.60. The maximum Gasteiger partial charge on any atom is 0.423 e. The van der Waals surface area contributed by atoms with Gasteiger partial charge in [0.15, 0.2) is 0 Å². The molecule has 0 saturated carbocycles. The molecule has 0 aliphatic heterocycles. The molecule has 0 aromatic rings. The Morgan fingerprint density at radius 3 is 1.31 bits per heavy atom. The van der Waals surface area contributed by atoms with Crippen molar-refractivity contribution >= 4 is 12.0 Å². The first-order valence-electron chi connectivity index (χ1n) is 3.34. The zero-order valence-corrected chi connectivity index (χ0v) is 7.37. The molecular formula is C6H3F7O3. The number of carbonyl (C=O) groups is 2. The summed E-state index contributed by atoms with van der Waals surface area (Å²) in [5.41, 5.74) is -5.78. The van der Waals surface area contributed by atoms with Crippen molar-refractivity contribution in [1.82, 2.24) is 0 Å². The SMILES string of the molecule is COC(=O)C(C(=O)F)(C(F)(F)F)C(F)(F)F. The quantitative estimate of drug-likeness (QED) is 0.327. The third kappa shape index (κ3) is 1.83. The van der Waals surface area contributed by atoms with Gasteiger partial charge in [0.05, 0.1) is 7.11 Å². The first kappa shape index (κ1) is 14.7. The molecular weight excluding hydrogens is 253 g/mol. The second-order valence-electron chi connectivity index (χ2n) is 2.51. The van der Waals surface area contributed by atoms with Gasteiger partial charge < -0.3 is 4.74 Å². The molecule has 94 valence electrons. The van der Waals surface area contributed by atoms with E-state index in [4.69, 9.17) is 0 Å². The highest BCUT2D eigenvalue weighted by molar-refractivity contribution is 6.01. The van der Waals surface area contributed by atoms with Gasteiger partial charge in [0.2, 0.25) is 0 Å². The summed E-state index contributed by atoms with van der Waals surface area (Å²) in [6.07, 6.45) is -13.0. The summed E-state index contributed by atoms with van der Waals surface area (Å²) >= 11 is 0. The molecule has 0 atom stereocenters. The van der Waals surface area contributed by atoms with Crippen LogP contribution in [-0.2, 0) is 14.3 Å². The van der Waals surface area contributed by atoms with Crippen molar-refractivity contribution in [3.05, 3.63) is 0 Å². The molecule has 0 fully saturated rings. The fourth-order valence-corrected chi connectivity index (χ4v) is 0.848. The third-order valence-electron chi connectivity index (χ3n) is 1.64. The van der Waals surface area contributed by atoms with Crippen LogP contribution in [0.2, 0.25) is 0 Å². The fourth-order valence-electron chi connectivity index (χ4n) is 0.848. The van der Waals surface area contributed by atoms with Gasteiger partial charge in [-0.05, 0) is 0 Å². The second-order valence-corrected chi connectivity index (χ2v) is 2.51. The van der Waals surface area contributed by atoms with Crippen molar-refractivity contribution in [3.63, 3.8) is 0 Å². The lowest BCUT2D eigenvalue weighted by molar-refractivity contribution is -0.320. The summed E-state index contributed by atoms with van der Waals surface area (Å²) in [6, 6.07) is -3.89. The molecule has 0 radical (unpaired) electrons. The van der Waals surface area contributed by atoms with Crippen LogP contribution in [0.15, 0.2) is 0 Å². The van der Waals surface area contributed by atoms with Crippen LogP contribution in [0.4, 0.5) is 30.7 Å². The van der Waals surface area contributed by atoms with Crippen LogP contribution in [0.25, 0.3) is 0 Å². The Morgan fingerprint density at radius 1 is 0.938 bits per heavy atom. The van der Waals surface area contributed by atoms with Gasteiger partial charge in [-0.2, -0.15) is 30.7 Å². The van der Waals surface area contributed by atoms with Crippen molar-refractivity contribution in [2.75, 3.05) is 7.11 Å². The van der Waals surface area contributed by atoms with Crippen LogP contribution >= 0.6 is 0 Å². The Kier molecular flexibility index (Phi) is 3.58. The standard InChI is InChI=1S/C6H3F7O3/c1-16-3(15)4(2(7)14,5(8,9)10)6(11,12)13/h1H3. The fraction of sp³-hybridized carbons (Fsp3) is 0.667. The number of hydrogen-bond donors (Lipinski definition) is 0. The molecule has 0 bridgehead atoms. The van der Waals surface area contributed by atoms with Gasteiger partial charge in [0.25, 0.3) is 0 Å². The van der Waals surface area contributed by atoms with Gasteiger partial charge in [0.1, 0.15) is 0 Å². The van der Waals surface area contributed by atoms with E-state index in [2.05, 4.69) is 4.74 Å². The van der Waals surface area contributed by atoms with E-state index in [-0.39, 0.29) is 7.11 Å². The maximum atomic E-state index is 12.1. The maximum absolute atomic E-state index is 12.1. The van der Waals surface area contributed by atoms with Gasteiger partial charge in [-0.25, -0.2) is 0 Å². The molecule has 10 heteroatoms. The Balaban J connectivity index is 6.03.